The first-order valence-electron chi connectivity index (χ1n) is 7.15. The van der Waals surface area contributed by atoms with Gasteiger partial charge in [-0.2, -0.15) is 0 Å². The van der Waals surface area contributed by atoms with Crippen LogP contribution in [0, 0.1) is 0 Å². The fourth-order valence-electron chi connectivity index (χ4n) is 1.50. The molecule has 0 aromatic carbocycles. The summed E-state index contributed by atoms with van der Waals surface area (Å²) in [5, 5.41) is 3.45. The molecule has 4 heteroatoms. The third-order valence-corrected chi connectivity index (χ3v) is 2.87. The van der Waals surface area contributed by atoms with Crippen LogP contribution >= 0.6 is 0 Å². The van der Waals surface area contributed by atoms with E-state index in [1.807, 2.05) is 13.1 Å². The summed E-state index contributed by atoms with van der Waals surface area (Å²) in [6.45, 7) is 17.1. The van der Waals surface area contributed by atoms with Crippen LogP contribution in [0.4, 0.5) is 0 Å². The highest BCUT2D eigenvalue weighted by Gasteiger charge is 2.08. The molecule has 0 fully saturated rings. The lowest BCUT2D eigenvalue weighted by molar-refractivity contribution is 0.325. The summed E-state index contributed by atoms with van der Waals surface area (Å²) < 4.78 is 0. The highest BCUT2D eigenvalue weighted by Crippen LogP contribution is 2.04. The summed E-state index contributed by atoms with van der Waals surface area (Å²) in [6, 6.07) is 0. The summed E-state index contributed by atoms with van der Waals surface area (Å²) in [4.78, 5) is 8.78. The molecule has 20 heavy (non-hydrogen) atoms. The second kappa shape index (κ2) is 8.93. The van der Waals surface area contributed by atoms with Crippen LogP contribution in [0.3, 0.4) is 0 Å². The molecule has 116 valence electrons. The maximum Gasteiger partial charge on any atom is 0.121 e. The smallest absolute Gasteiger partial charge is 0.121 e. The number of rotatable bonds is 9. The van der Waals surface area contributed by atoms with E-state index >= 15 is 0 Å². The molecule has 0 amide bonds. The zero-order valence-electron chi connectivity index (χ0n) is 14.2. The van der Waals surface area contributed by atoms with E-state index in [1.54, 1.807) is 0 Å². The van der Waals surface area contributed by atoms with E-state index in [4.69, 9.17) is 0 Å². The van der Waals surface area contributed by atoms with E-state index in [9.17, 15) is 0 Å². The van der Waals surface area contributed by atoms with Gasteiger partial charge in [-0.15, -0.1) is 0 Å². The number of allylic oxidation sites excluding steroid dienone is 1. The van der Waals surface area contributed by atoms with E-state index < -0.39 is 0 Å². The molecule has 0 bridgehead atoms. The van der Waals surface area contributed by atoms with Crippen molar-refractivity contribution in [2.45, 2.75) is 32.7 Å². The fourth-order valence-corrected chi connectivity index (χ4v) is 1.50. The molecule has 0 saturated carbocycles. The van der Waals surface area contributed by atoms with Gasteiger partial charge in [-0.3, -0.25) is 0 Å². The van der Waals surface area contributed by atoms with Crippen LogP contribution in [0.2, 0.25) is 0 Å². The average Bonchev–Trinajstić information content (AvgIpc) is 2.32. The molecule has 0 rings (SSSR count). The molecule has 0 radical (unpaired) electrons. The molecule has 0 heterocycles. The van der Waals surface area contributed by atoms with Crippen molar-refractivity contribution in [1.82, 2.24) is 15.1 Å². The van der Waals surface area contributed by atoms with Crippen LogP contribution in [0.1, 0.15) is 27.2 Å². The monoisotopic (exact) mass is 280 g/mol. The van der Waals surface area contributed by atoms with Crippen molar-refractivity contribution in [1.29, 1.82) is 0 Å². The van der Waals surface area contributed by atoms with Gasteiger partial charge in [-0.05, 0) is 40.9 Å². The van der Waals surface area contributed by atoms with E-state index in [2.05, 4.69) is 68.1 Å². The van der Waals surface area contributed by atoms with Crippen LogP contribution in [-0.4, -0.2) is 61.8 Å². The topological polar surface area (TPSA) is 30.9 Å². The quantitative estimate of drug-likeness (QED) is 0.658. The van der Waals surface area contributed by atoms with Gasteiger partial charge in [0.2, 0.25) is 0 Å². The predicted octanol–water partition coefficient (Wildman–Crippen LogP) is 2.36. The first-order valence-corrected chi connectivity index (χ1v) is 7.15. The van der Waals surface area contributed by atoms with Crippen molar-refractivity contribution in [3.63, 3.8) is 0 Å². The zero-order valence-corrected chi connectivity index (χ0v) is 14.2. The SMILES string of the molecule is C=C/C(CCNC(C)(C)C)=N\C(=C)N(C)CCN(C)C. The van der Waals surface area contributed by atoms with Gasteiger partial charge in [-0.25, -0.2) is 4.99 Å². The third-order valence-electron chi connectivity index (χ3n) is 2.87. The molecule has 0 aromatic rings. The van der Waals surface area contributed by atoms with Crippen molar-refractivity contribution in [3.05, 3.63) is 25.1 Å². The predicted molar refractivity (Wildman–Crippen MR) is 90.3 cm³/mol. The third kappa shape index (κ3) is 9.75. The number of aliphatic imine (C=N–C) groups is 1. The van der Waals surface area contributed by atoms with Crippen molar-refractivity contribution >= 4 is 5.71 Å². The van der Waals surface area contributed by atoms with E-state index in [0.29, 0.717) is 0 Å². The van der Waals surface area contributed by atoms with Gasteiger partial charge >= 0.3 is 0 Å². The maximum absolute atomic E-state index is 4.56. The molecule has 0 aromatic heterocycles. The molecule has 1 N–H and O–H groups in total. The standard InChI is InChI=1S/C16H32N4/c1-9-15(10-11-17-16(3,4)5)18-14(2)20(8)13-12-19(6)7/h9,17H,1-2,10-13H2,3-8H3/b18-15+. The van der Waals surface area contributed by atoms with Gasteiger partial charge < -0.3 is 15.1 Å². The first-order chi connectivity index (χ1) is 9.15. The molecule has 0 spiro atoms. The van der Waals surface area contributed by atoms with Gasteiger partial charge in [0.05, 0.1) is 0 Å². The Hall–Kier alpha value is -1.13. The number of likely N-dealkylation sites (N-methyl/N-ethyl adjacent to an activating group) is 2. The van der Waals surface area contributed by atoms with Gasteiger partial charge in [0.1, 0.15) is 5.82 Å². The van der Waals surface area contributed by atoms with Crippen LogP contribution in [0.5, 0.6) is 0 Å². The van der Waals surface area contributed by atoms with Crippen LogP contribution in [0.25, 0.3) is 0 Å². The lowest BCUT2D eigenvalue weighted by atomic mass is 10.1. The van der Waals surface area contributed by atoms with Crippen molar-refractivity contribution in [3.8, 4) is 0 Å². The summed E-state index contributed by atoms with van der Waals surface area (Å²) in [5.41, 5.74) is 1.11. The first kappa shape index (κ1) is 18.9. The summed E-state index contributed by atoms with van der Waals surface area (Å²) in [7, 11) is 6.14. The minimum atomic E-state index is 0.131. The fraction of sp³-hybridized carbons (Fsp3) is 0.688. The maximum atomic E-state index is 4.56. The number of hydrogen-bond donors (Lipinski definition) is 1. The Morgan fingerprint density at radius 1 is 1.20 bits per heavy atom. The lowest BCUT2D eigenvalue weighted by Crippen LogP contribution is -2.37. The summed E-state index contributed by atoms with van der Waals surface area (Å²) in [5.74, 6) is 0.789. The van der Waals surface area contributed by atoms with Crippen LogP contribution < -0.4 is 5.32 Å². The largest absolute Gasteiger partial charge is 0.359 e. The van der Waals surface area contributed by atoms with E-state index in [0.717, 1.165) is 37.6 Å². The normalized spacial score (nSPS) is 12.7. The van der Waals surface area contributed by atoms with Gasteiger partial charge in [0.25, 0.3) is 0 Å². The van der Waals surface area contributed by atoms with Crippen LogP contribution in [0.15, 0.2) is 30.0 Å². The molecular formula is C16H32N4. The molecular weight excluding hydrogens is 248 g/mol. The van der Waals surface area contributed by atoms with Crippen molar-refractivity contribution in [2.24, 2.45) is 4.99 Å². The Kier molecular flexibility index (Phi) is 8.42. The van der Waals surface area contributed by atoms with Gasteiger partial charge in [-0.1, -0.05) is 13.2 Å². The molecule has 0 unspecified atom stereocenters. The van der Waals surface area contributed by atoms with Gasteiger partial charge in [0.15, 0.2) is 0 Å². The highest BCUT2D eigenvalue weighted by atomic mass is 15.2. The van der Waals surface area contributed by atoms with E-state index in [-0.39, 0.29) is 5.54 Å². The second-order valence-corrected chi connectivity index (χ2v) is 6.38. The molecule has 0 saturated heterocycles. The summed E-state index contributed by atoms with van der Waals surface area (Å²) >= 11 is 0. The number of nitrogens with one attached hydrogen (secondary N) is 1. The molecule has 4 nitrogen and oxygen atoms in total. The Labute approximate surface area is 125 Å². The van der Waals surface area contributed by atoms with Crippen molar-refractivity contribution in [2.75, 3.05) is 40.8 Å². The Morgan fingerprint density at radius 2 is 1.80 bits per heavy atom. The Morgan fingerprint density at radius 3 is 2.25 bits per heavy atom. The highest BCUT2D eigenvalue weighted by molar-refractivity contribution is 5.95. The minimum absolute atomic E-state index is 0.131. The van der Waals surface area contributed by atoms with Crippen molar-refractivity contribution < 1.29 is 0 Å². The minimum Gasteiger partial charge on any atom is -0.359 e. The molecule has 0 aliphatic heterocycles. The Balaban J connectivity index is 4.34. The van der Waals surface area contributed by atoms with Crippen LogP contribution in [-0.2, 0) is 0 Å². The lowest BCUT2D eigenvalue weighted by Gasteiger charge is -2.22. The zero-order chi connectivity index (χ0) is 15.8. The Bertz CT molecular complexity index is 337. The summed E-state index contributed by atoms with van der Waals surface area (Å²) in [6.07, 6.45) is 2.68. The van der Waals surface area contributed by atoms with E-state index in [1.165, 1.54) is 0 Å². The molecule has 0 aliphatic carbocycles. The molecule has 0 atom stereocenters. The average molecular weight is 280 g/mol. The second-order valence-electron chi connectivity index (χ2n) is 6.38. The molecule has 0 aliphatic rings. The number of hydrogen-bond acceptors (Lipinski definition) is 4. The number of nitrogens with zero attached hydrogens (tertiary/aromatic N) is 3. The van der Waals surface area contributed by atoms with Gasteiger partial charge in [0, 0.05) is 44.4 Å².